The molecule has 8 heteroatoms. The van der Waals surface area contributed by atoms with Crippen molar-refractivity contribution in [3.05, 3.63) is 40.7 Å². The number of nitrogens with two attached hydrogens (primary N) is 2. The number of amides is 1. The zero-order valence-corrected chi connectivity index (χ0v) is 13.8. The fraction of sp³-hybridized carbons (Fsp3) is 0.353. The number of carbonyl (C=O) groups is 2. The Balaban J connectivity index is 2.21. The van der Waals surface area contributed by atoms with E-state index in [9.17, 15) is 18.4 Å². The molecule has 1 aromatic heterocycles. The zero-order valence-electron chi connectivity index (χ0n) is 13.8. The molecule has 3 rings (SSSR count). The molecule has 1 aliphatic rings. The highest BCUT2D eigenvalue weighted by atomic mass is 19.3. The highest BCUT2D eigenvalue weighted by Crippen LogP contribution is 2.39. The maximum absolute atomic E-state index is 13.4. The first-order valence-corrected chi connectivity index (χ1v) is 7.73. The second kappa shape index (κ2) is 5.65. The van der Waals surface area contributed by atoms with Crippen molar-refractivity contribution in [2.24, 2.45) is 11.1 Å². The van der Waals surface area contributed by atoms with Crippen molar-refractivity contribution in [1.82, 2.24) is 9.78 Å². The lowest BCUT2D eigenvalue weighted by molar-refractivity contribution is 0.0896. The quantitative estimate of drug-likeness (QED) is 0.832. The molecule has 0 spiro atoms. The second-order valence-corrected chi connectivity index (χ2v) is 7.00. The maximum atomic E-state index is 13.4. The molecule has 0 aliphatic heterocycles. The summed E-state index contributed by atoms with van der Waals surface area (Å²) in [5.41, 5.74) is 11.2. The van der Waals surface area contributed by atoms with Gasteiger partial charge in [-0.25, -0.2) is 13.5 Å². The van der Waals surface area contributed by atoms with Gasteiger partial charge in [-0.2, -0.15) is 5.10 Å². The van der Waals surface area contributed by atoms with Crippen LogP contribution in [0.25, 0.3) is 5.69 Å². The van der Waals surface area contributed by atoms with Crippen LogP contribution in [-0.4, -0.2) is 21.5 Å². The number of benzene rings is 1. The highest BCUT2D eigenvalue weighted by Gasteiger charge is 2.38. The summed E-state index contributed by atoms with van der Waals surface area (Å²) in [7, 11) is 0. The molecule has 132 valence electrons. The number of ketones is 1. The summed E-state index contributed by atoms with van der Waals surface area (Å²) in [6.07, 6.45) is -2.25. The molecule has 4 N–H and O–H groups in total. The number of hydrogen-bond acceptors (Lipinski definition) is 4. The molecule has 0 radical (unpaired) electrons. The number of nitrogen functional groups attached to an aromatic ring is 1. The van der Waals surface area contributed by atoms with Gasteiger partial charge in [-0.05, 0) is 30.0 Å². The molecule has 0 saturated carbocycles. The van der Waals surface area contributed by atoms with Gasteiger partial charge in [0, 0.05) is 12.1 Å². The largest absolute Gasteiger partial charge is 0.398 e. The first-order chi connectivity index (χ1) is 11.6. The van der Waals surface area contributed by atoms with E-state index in [0.717, 1.165) is 0 Å². The average Bonchev–Trinajstić information content (AvgIpc) is 2.85. The lowest BCUT2D eigenvalue weighted by atomic mass is 9.75. The highest BCUT2D eigenvalue weighted by molar-refractivity contribution is 6.00. The number of rotatable bonds is 3. The van der Waals surface area contributed by atoms with Crippen LogP contribution in [0.4, 0.5) is 14.5 Å². The number of fused-ring (bicyclic) bond motifs is 1. The molecule has 1 aromatic carbocycles. The number of hydrogen-bond donors (Lipinski definition) is 2. The molecule has 0 saturated heterocycles. The molecule has 1 heterocycles. The van der Waals surface area contributed by atoms with Gasteiger partial charge in [0.2, 0.25) is 0 Å². The maximum Gasteiger partial charge on any atom is 0.282 e. The molecule has 1 aliphatic carbocycles. The summed E-state index contributed by atoms with van der Waals surface area (Å²) in [4.78, 5) is 23.7. The standard InChI is InChI=1S/C17H18F2N4O2/c1-17(2)6-11-13(12(24)7-17)14(15(18)19)22-23(11)8-3-4-9(16(21)25)10(20)5-8/h3-5,15H,6-7,20H2,1-2H3,(H2,21,25). The molecular weight excluding hydrogens is 330 g/mol. The third-order valence-corrected chi connectivity index (χ3v) is 4.32. The molecule has 25 heavy (non-hydrogen) atoms. The minimum atomic E-state index is -2.86. The Labute approximate surface area is 142 Å². The summed E-state index contributed by atoms with van der Waals surface area (Å²) >= 11 is 0. The number of primary amides is 1. The predicted octanol–water partition coefficient (Wildman–Crippen LogP) is 2.65. The van der Waals surface area contributed by atoms with E-state index in [0.29, 0.717) is 17.8 Å². The van der Waals surface area contributed by atoms with Gasteiger partial charge in [-0.1, -0.05) is 13.8 Å². The summed E-state index contributed by atoms with van der Waals surface area (Å²) in [6, 6.07) is 4.37. The van der Waals surface area contributed by atoms with Crippen LogP contribution >= 0.6 is 0 Å². The minimum Gasteiger partial charge on any atom is -0.398 e. The van der Waals surface area contributed by atoms with Gasteiger partial charge in [-0.15, -0.1) is 0 Å². The van der Waals surface area contributed by atoms with E-state index in [1.807, 2.05) is 13.8 Å². The summed E-state index contributed by atoms with van der Waals surface area (Å²) < 4.78 is 28.1. The number of alkyl halides is 2. The van der Waals surface area contributed by atoms with E-state index in [-0.39, 0.29) is 34.4 Å². The van der Waals surface area contributed by atoms with Gasteiger partial charge in [0.25, 0.3) is 12.3 Å². The van der Waals surface area contributed by atoms with Crippen molar-refractivity contribution in [2.75, 3.05) is 5.73 Å². The van der Waals surface area contributed by atoms with Crippen molar-refractivity contribution < 1.29 is 18.4 Å². The van der Waals surface area contributed by atoms with Crippen LogP contribution in [0.2, 0.25) is 0 Å². The smallest absolute Gasteiger partial charge is 0.282 e. The van der Waals surface area contributed by atoms with E-state index in [4.69, 9.17) is 11.5 Å². The lowest BCUT2D eigenvalue weighted by Gasteiger charge is -2.29. The van der Waals surface area contributed by atoms with Crippen molar-refractivity contribution in [1.29, 1.82) is 0 Å². The molecule has 0 atom stereocenters. The molecule has 1 amide bonds. The monoisotopic (exact) mass is 348 g/mol. The van der Waals surface area contributed by atoms with Crippen molar-refractivity contribution >= 4 is 17.4 Å². The molecule has 0 unspecified atom stereocenters. The topological polar surface area (TPSA) is 104 Å². The van der Waals surface area contributed by atoms with Crippen LogP contribution in [0.5, 0.6) is 0 Å². The van der Waals surface area contributed by atoms with Gasteiger partial charge in [0.1, 0.15) is 5.69 Å². The van der Waals surface area contributed by atoms with Crippen molar-refractivity contribution in [3.8, 4) is 5.69 Å². The third kappa shape index (κ3) is 2.88. The normalized spacial score (nSPS) is 16.1. The van der Waals surface area contributed by atoms with Crippen molar-refractivity contribution in [3.63, 3.8) is 0 Å². The van der Waals surface area contributed by atoms with Crippen LogP contribution in [0.3, 0.4) is 0 Å². The third-order valence-electron chi connectivity index (χ3n) is 4.32. The Morgan fingerprint density at radius 2 is 2.00 bits per heavy atom. The second-order valence-electron chi connectivity index (χ2n) is 7.00. The Morgan fingerprint density at radius 1 is 1.32 bits per heavy atom. The Morgan fingerprint density at radius 3 is 2.56 bits per heavy atom. The number of aromatic nitrogens is 2. The number of halogens is 2. The number of nitrogens with zero attached hydrogens (tertiary/aromatic N) is 2. The molecule has 0 fully saturated rings. The van der Waals surface area contributed by atoms with Gasteiger partial charge < -0.3 is 11.5 Å². The fourth-order valence-corrected chi connectivity index (χ4v) is 3.25. The number of carbonyl (C=O) groups excluding carboxylic acids is 2. The Bertz CT molecular complexity index is 887. The molecule has 6 nitrogen and oxygen atoms in total. The molecular formula is C17H18F2N4O2. The van der Waals surface area contributed by atoms with Gasteiger partial charge in [0.15, 0.2) is 5.78 Å². The minimum absolute atomic E-state index is 0.00752. The van der Waals surface area contributed by atoms with Gasteiger partial charge in [0.05, 0.1) is 22.5 Å². The van der Waals surface area contributed by atoms with Crippen LogP contribution in [0, 0.1) is 5.41 Å². The number of Topliss-reactive ketones (excluding diaryl/α,β-unsaturated/α-hetero) is 1. The number of anilines is 1. The average molecular weight is 348 g/mol. The van der Waals surface area contributed by atoms with Crippen LogP contribution in [0.15, 0.2) is 18.2 Å². The lowest BCUT2D eigenvalue weighted by Crippen LogP contribution is -2.28. The van der Waals surface area contributed by atoms with Crippen molar-refractivity contribution in [2.45, 2.75) is 33.1 Å². The summed E-state index contributed by atoms with van der Waals surface area (Å²) in [6.45, 7) is 3.80. The fourth-order valence-electron chi connectivity index (χ4n) is 3.25. The van der Waals surface area contributed by atoms with E-state index < -0.39 is 18.0 Å². The molecule has 0 bridgehead atoms. The van der Waals surface area contributed by atoms with E-state index >= 15 is 0 Å². The molecule has 2 aromatic rings. The van der Waals surface area contributed by atoms with Gasteiger partial charge in [-0.3, -0.25) is 9.59 Å². The summed E-state index contributed by atoms with van der Waals surface area (Å²) in [5.74, 6) is -1.02. The van der Waals surface area contributed by atoms with Crippen LogP contribution < -0.4 is 11.5 Å². The predicted molar refractivity (Wildman–Crippen MR) is 87.9 cm³/mol. The van der Waals surface area contributed by atoms with Gasteiger partial charge >= 0.3 is 0 Å². The van der Waals surface area contributed by atoms with E-state index in [2.05, 4.69) is 5.10 Å². The Kier molecular flexibility index (Phi) is 3.85. The Hall–Kier alpha value is -2.77. The van der Waals surface area contributed by atoms with E-state index in [1.165, 1.54) is 22.9 Å². The van der Waals surface area contributed by atoms with Crippen LogP contribution in [-0.2, 0) is 6.42 Å². The van der Waals surface area contributed by atoms with E-state index in [1.54, 1.807) is 0 Å². The SMILES string of the molecule is CC1(C)CC(=O)c2c(C(F)F)nn(-c3ccc(C(N)=O)c(N)c3)c2C1. The first-order valence-electron chi connectivity index (χ1n) is 7.73. The van der Waals surface area contributed by atoms with Crippen LogP contribution in [0.1, 0.15) is 58.8 Å². The summed E-state index contributed by atoms with van der Waals surface area (Å²) in [5, 5.41) is 3.97. The first kappa shape index (κ1) is 17.1. The zero-order chi connectivity index (χ0) is 18.5.